The van der Waals surface area contributed by atoms with Crippen LogP contribution in [0.2, 0.25) is 10.0 Å². The monoisotopic (exact) mass is 376 g/mol. The molecule has 7 nitrogen and oxygen atoms in total. The summed E-state index contributed by atoms with van der Waals surface area (Å²) in [7, 11) is 0. The van der Waals surface area contributed by atoms with Crippen molar-refractivity contribution in [1.29, 1.82) is 0 Å². The molecule has 1 aromatic rings. The zero-order valence-corrected chi connectivity index (χ0v) is 14.7. The molecular weight excluding hydrogens is 359 g/mol. The van der Waals surface area contributed by atoms with E-state index in [9.17, 15) is 14.4 Å². The zero-order chi connectivity index (χ0) is 18.1. The van der Waals surface area contributed by atoms with Crippen LogP contribution in [0.25, 0.3) is 0 Å². The second-order valence-electron chi connectivity index (χ2n) is 4.71. The summed E-state index contributed by atoms with van der Waals surface area (Å²) in [5, 5.41) is 5.66. The van der Waals surface area contributed by atoms with Gasteiger partial charge in [0.2, 0.25) is 5.91 Å². The maximum Gasteiger partial charge on any atom is 0.344 e. The molecule has 0 radical (unpaired) electrons. The fourth-order valence-electron chi connectivity index (χ4n) is 1.59. The van der Waals surface area contributed by atoms with Gasteiger partial charge in [-0.25, -0.2) is 4.79 Å². The third-order valence-corrected chi connectivity index (χ3v) is 3.26. The van der Waals surface area contributed by atoms with Crippen molar-refractivity contribution in [3.63, 3.8) is 0 Å². The second-order valence-corrected chi connectivity index (χ2v) is 5.55. The molecule has 0 saturated carbocycles. The number of amides is 2. The lowest BCUT2D eigenvalue weighted by Gasteiger charge is -2.13. The molecular formula is C15H18Cl2N2O5. The Hall–Kier alpha value is -1.99. The number of halogens is 2. The van der Waals surface area contributed by atoms with Crippen LogP contribution in [0.5, 0.6) is 5.75 Å². The summed E-state index contributed by atoms with van der Waals surface area (Å²) in [4.78, 5) is 34.6. The third kappa shape index (κ3) is 7.06. The van der Waals surface area contributed by atoms with Gasteiger partial charge in [0.25, 0.3) is 5.91 Å². The molecule has 9 heteroatoms. The first-order valence-corrected chi connectivity index (χ1v) is 7.89. The molecule has 0 aliphatic carbocycles. The normalized spacial score (nSPS) is 11.3. The van der Waals surface area contributed by atoms with Gasteiger partial charge in [-0.15, -0.1) is 0 Å². The van der Waals surface area contributed by atoms with Crippen molar-refractivity contribution in [1.82, 2.24) is 10.6 Å². The fourth-order valence-corrected chi connectivity index (χ4v) is 2.06. The minimum atomic E-state index is -0.748. The first-order valence-electron chi connectivity index (χ1n) is 7.14. The van der Waals surface area contributed by atoms with Crippen molar-refractivity contribution in [2.24, 2.45) is 0 Å². The topological polar surface area (TPSA) is 93.7 Å². The molecule has 1 aromatic carbocycles. The number of ether oxygens (including phenoxy) is 2. The Kier molecular flexibility index (Phi) is 8.35. The van der Waals surface area contributed by atoms with Gasteiger partial charge in [-0.1, -0.05) is 23.2 Å². The Morgan fingerprint density at radius 2 is 1.92 bits per heavy atom. The van der Waals surface area contributed by atoms with Crippen LogP contribution in [-0.4, -0.2) is 43.6 Å². The van der Waals surface area contributed by atoms with Crippen LogP contribution in [0.4, 0.5) is 0 Å². The molecule has 1 atom stereocenters. The maximum atomic E-state index is 11.6. The van der Waals surface area contributed by atoms with Gasteiger partial charge in [0.05, 0.1) is 5.02 Å². The highest BCUT2D eigenvalue weighted by Gasteiger charge is 2.16. The lowest BCUT2D eigenvalue weighted by Crippen LogP contribution is -2.46. The van der Waals surface area contributed by atoms with E-state index in [-0.39, 0.29) is 16.7 Å². The average molecular weight is 377 g/mol. The highest BCUT2D eigenvalue weighted by molar-refractivity contribution is 6.35. The summed E-state index contributed by atoms with van der Waals surface area (Å²) in [6.45, 7) is 2.82. The molecule has 132 valence electrons. The van der Waals surface area contributed by atoms with Gasteiger partial charge in [0.15, 0.2) is 13.2 Å². The average Bonchev–Trinajstić information content (AvgIpc) is 2.52. The lowest BCUT2D eigenvalue weighted by atomic mass is 10.3. The molecule has 2 N–H and O–H groups in total. The minimum Gasteiger partial charge on any atom is -0.480 e. The van der Waals surface area contributed by atoms with Gasteiger partial charge in [-0.05, 0) is 32.0 Å². The van der Waals surface area contributed by atoms with E-state index in [1.165, 1.54) is 19.1 Å². The van der Waals surface area contributed by atoms with Crippen LogP contribution in [0.15, 0.2) is 18.2 Å². The quantitative estimate of drug-likeness (QED) is 0.671. The first-order chi connectivity index (χ1) is 11.3. The maximum absolute atomic E-state index is 11.6. The summed E-state index contributed by atoms with van der Waals surface area (Å²) in [6, 6.07) is 3.82. The number of hydrogen-bond donors (Lipinski definition) is 2. The van der Waals surface area contributed by atoms with Crippen molar-refractivity contribution in [3.05, 3.63) is 28.2 Å². The van der Waals surface area contributed by atoms with Crippen molar-refractivity contribution >= 4 is 41.0 Å². The Balaban J connectivity index is 2.33. The van der Waals surface area contributed by atoms with E-state index in [4.69, 9.17) is 32.7 Å². The van der Waals surface area contributed by atoms with Gasteiger partial charge in [0.1, 0.15) is 11.8 Å². The molecule has 0 spiro atoms. The Bertz CT molecular complexity index is 610. The first kappa shape index (κ1) is 20.1. The van der Waals surface area contributed by atoms with Crippen molar-refractivity contribution in [2.75, 3.05) is 19.8 Å². The standard InChI is InChI=1S/C15H18Cl2N2O5/c1-3-18-15(22)9(2)19-13(20)7-24-14(21)8-23-12-5-4-10(16)6-11(12)17/h4-6,9H,3,7-8H2,1-2H3,(H,18,22)(H,19,20)/t9-/m1/s1. The van der Waals surface area contributed by atoms with Gasteiger partial charge in [-0.2, -0.15) is 0 Å². The molecule has 0 aromatic heterocycles. The van der Waals surface area contributed by atoms with Gasteiger partial charge in [0, 0.05) is 11.6 Å². The Morgan fingerprint density at radius 1 is 1.21 bits per heavy atom. The van der Waals surface area contributed by atoms with Crippen molar-refractivity contribution in [2.45, 2.75) is 19.9 Å². The Labute approximate surface area is 149 Å². The van der Waals surface area contributed by atoms with E-state index in [0.29, 0.717) is 11.6 Å². The molecule has 24 heavy (non-hydrogen) atoms. The van der Waals surface area contributed by atoms with E-state index in [2.05, 4.69) is 10.6 Å². The molecule has 0 heterocycles. The predicted octanol–water partition coefficient (Wildman–Crippen LogP) is 1.56. The molecule has 2 amide bonds. The summed E-state index contributed by atoms with van der Waals surface area (Å²) in [6.07, 6.45) is 0. The smallest absolute Gasteiger partial charge is 0.344 e. The van der Waals surface area contributed by atoms with E-state index >= 15 is 0 Å². The molecule has 0 aliphatic heterocycles. The van der Waals surface area contributed by atoms with Crippen LogP contribution < -0.4 is 15.4 Å². The summed E-state index contributed by atoms with van der Waals surface area (Å²) >= 11 is 11.6. The van der Waals surface area contributed by atoms with Crippen LogP contribution in [0.3, 0.4) is 0 Å². The molecule has 0 unspecified atom stereocenters. The van der Waals surface area contributed by atoms with E-state index in [1.807, 2.05) is 0 Å². The number of carbonyl (C=O) groups is 3. The predicted molar refractivity (Wildman–Crippen MR) is 89.2 cm³/mol. The van der Waals surface area contributed by atoms with E-state index in [1.54, 1.807) is 13.0 Å². The second kappa shape index (κ2) is 10.00. The van der Waals surface area contributed by atoms with Crippen LogP contribution >= 0.6 is 23.2 Å². The van der Waals surface area contributed by atoms with Crippen molar-refractivity contribution in [3.8, 4) is 5.75 Å². The zero-order valence-electron chi connectivity index (χ0n) is 13.2. The number of hydrogen-bond acceptors (Lipinski definition) is 5. The third-order valence-electron chi connectivity index (χ3n) is 2.73. The number of carbonyl (C=O) groups excluding carboxylic acids is 3. The van der Waals surface area contributed by atoms with Gasteiger partial charge in [-0.3, -0.25) is 9.59 Å². The van der Waals surface area contributed by atoms with Gasteiger partial charge >= 0.3 is 5.97 Å². The van der Waals surface area contributed by atoms with Crippen LogP contribution in [0.1, 0.15) is 13.8 Å². The minimum absolute atomic E-state index is 0.254. The molecule has 0 fully saturated rings. The number of nitrogens with one attached hydrogen (secondary N) is 2. The summed E-state index contributed by atoms with van der Waals surface area (Å²) in [5.41, 5.74) is 0. The van der Waals surface area contributed by atoms with Crippen molar-refractivity contribution < 1.29 is 23.9 Å². The largest absolute Gasteiger partial charge is 0.480 e. The molecule has 0 aliphatic rings. The van der Waals surface area contributed by atoms with E-state index < -0.39 is 31.1 Å². The lowest BCUT2D eigenvalue weighted by molar-refractivity contribution is -0.150. The summed E-state index contributed by atoms with van der Waals surface area (Å²) in [5.74, 6) is -1.39. The number of likely N-dealkylation sites (N-methyl/N-ethyl adjacent to an activating group) is 1. The highest BCUT2D eigenvalue weighted by Crippen LogP contribution is 2.27. The molecule has 1 rings (SSSR count). The fraction of sp³-hybridized carbons (Fsp3) is 0.400. The summed E-state index contributed by atoms with van der Waals surface area (Å²) < 4.78 is 9.93. The Morgan fingerprint density at radius 3 is 2.54 bits per heavy atom. The highest BCUT2D eigenvalue weighted by atomic mass is 35.5. The SMILES string of the molecule is CCNC(=O)[C@@H](C)NC(=O)COC(=O)COc1ccc(Cl)cc1Cl. The molecule has 0 saturated heterocycles. The molecule has 0 bridgehead atoms. The van der Waals surface area contributed by atoms with Gasteiger partial charge < -0.3 is 20.1 Å². The number of benzene rings is 1. The number of esters is 1. The van der Waals surface area contributed by atoms with Crippen LogP contribution in [-0.2, 0) is 19.1 Å². The number of rotatable bonds is 8. The van der Waals surface area contributed by atoms with Crippen LogP contribution in [0, 0.1) is 0 Å². The van der Waals surface area contributed by atoms with E-state index in [0.717, 1.165) is 0 Å².